The average Bonchev–Trinajstić information content (AvgIpc) is 2.51. The third kappa shape index (κ3) is 2.45. The summed E-state index contributed by atoms with van der Waals surface area (Å²) in [7, 11) is 0. The monoisotopic (exact) mass is 270 g/mol. The highest BCUT2D eigenvalue weighted by molar-refractivity contribution is 5.97. The molecular formula is C17H22N2O. The van der Waals surface area contributed by atoms with Crippen LogP contribution in [0.3, 0.4) is 0 Å². The molecule has 1 fully saturated rings. The van der Waals surface area contributed by atoms with Gasteiger partial charge in [0.05, 0.1) is 0 Å². The number of anilines is 1. The van der Waals surface area contributed by atoms with E-state index < -0.39 is 0 Å². The first-order valence-corrected chi connectivity index (χ1v) is 7.57. The van der Waals surface area contributed by atoms with E-state index in [9.17, 15) is 4.79 Å². The Morgan fingerprint density at radius 1 is 1.15 bits per heavy atom. The summed E-state index contributed by atoms with van der Waals surface area (Å²) in [5.41, 5.74) is 3.37. The summed E-state index contributed by atoms with van der Waals surface area (Å²) < 4.78 is 0. The molecule has 0 aromatic heterocycles. The summed E-state index contributed by atoms with van der Waals surface area (Å²) in [6.45, 7) is 7.47. The number of fused-ring (bicyclic) bond motifs is 1. The maximum Gasteiger partial charge on any atom is 0.254 e. The first kappa shape index (κ1) is 13.2. The van der Waals surface area contributed by atoms with Crippen LogP contribution in [-0.2, 0) is 6.42 Å². The van der Waals surface area contributed by atoms with Gasteiger partial charge in [-0.25, -0.2) is 0 Å². The molecular weight excluding hydrogens is 248 g/mol. The molecule has 3 rings (SSSR count). The highest BCUT2D eigenvalue weighted by atomic mass is 16.2. The predicted molar refractivity (Wildman–Crippen MR) is 82.3 cm³/mol. The Labute approximate surface area is 120 Å². The van der Waals surface area contributed by atoms with Crippen molar-refractivity contribution in [2.75, 3.05) is 31.1 Å². The second-order valence-electron chi connectivity index (χ2n) is 5.68. The summed E-state index contributed by atoms with van der Waals surface area (Å²) in [6.07, 6.45) is 6.66. The molecule has 0 saturated carbocycles. The van der Waals surface area contributed by atoms with Gasteiger partial charge in [-0.15, -0.1) is 6.58 Å². The van der Waals surface area contributed by atoms with E-state index in [1.165, 1.54) is 30.5 Å². The van der Waals surface area contributed by atoms with Crippen LogP contribution in [0.2, 0.25) is 0 Å². The molecule has 0 radical (unpaired) electrons. The van der Waals surface area contributed by atoms with Gasteiger partial charge in [-0.1, -0.05) is 6.08 Å². The Morgan fingerprint density at radius 2 is 1.95 bits per heavy atom. The van der Waals surface area contributed by atoms with Crippen LogP contribution in [0.25, 0.3) is 0 Å². The Bertz CT molecular complexity index is 518. The summed E-state index contributed by atoms with van der Waals surface area (Å²) in [6, 6.07) is 6.35. The minimum Gasteiger partial charge on any atom is -0.372 e. The van der Waals surface area contributed by atoms with Crippen LogP contribution >= 0.6 is 0 Å². The van der Waals surface area contributed by atoms with E-state index in [1.54, 1.807) is 6.08 Å². The summed E-state index contributed by atoms with van der Waals surface area (Å²) in [5, 5.41) is 0. The first-order valence-electron chi connectivity index (χ1n) is 7.57. The van der Waals surface area contributed by atoms with Gasteiger partial charge in [-0.3, -0.25) is 4.79 Å². The maximum absolute atomic E-state index is 12.4. The van der Waals surface area contributed by atoms with E-state index in [0.29, 0.717) is 6.54 Å². The normalized spacial score (nSPS) is 18.9. The van der Waals surface area contributed by atoms with Gasteiger partial charge >= 0.3 is 0 Å². The lowest BCUT2D eigenvalue weighted by Crippen LogP contribution is -2.38. The molecule has 1 amide bonds. The van der Waals surface area contributed by atoms with Gasteiger partial charge < -0.3 is 9.80 Å². The van der Waals surface area contributed by atoms with Crippen LogP contribution < -0.4 is 4.90 Å². The fraction of sp³-hybridized carbons (Fsp3) is 0.471. The largest absolute Gasteiger partial charge is 0.372 e. The van der Waals surface area contributed by atoms with Gasteiger partial charge in [-0.2, -0.15) is 0 Å². The average molecular weight is 270 g/mol. The van der Waals surface area contributed by atoms with E-state index >= 15 is 0 Å². The molecule has 3 nitrogen and oxygen atoms in total. The highest BCUT2D eigenvalue weighted by Gasteiger charge is 2.24. The molecule has 0 spiro atoms. The Kier molecular flexibility index (Phi) is 3.77. The molecule has 0 N–H and O–H groups in total. The van der Waals surface area contributed by atoms with Crippen molar-refractivity contribution >= 4 is 11.6 Å². The number of nitrogens with zero attached hydrogens (tertiary/aromatic N) is 2. The fourth-order valence-corrected chi connectivity index (χ4v) is 3.20. The van der Waals surface area contributed by atoms with Crippen molar-refractivity contribution in [1.82, 2.24) is 4.90 Å². The molecule has 1 aromatic carbocycles. The van der Waals surface area contributed by atoms with Crippen molar-refractivity contribution in [2.45, 2.75) is 25.7 Å². The molecule has 2 aliphatic heterocycles. The lowest BCUT2D eigenvalue weighted by Gasteiger charge is -2.32. The van der Waals surface area contributed by atoms with Crippen molar-refractivity contribution in [3.05, 3.63) is 42.0 Å². The Hall–Kier alpha value is -1.77. The molecule has 0 atom stereocenters. The van der Waals surface area contributed by atoms with Crippen LogP contribution in [0, 0.1) is 0 Å². The molecule has 0 bridgehead atoms. The van der Waals surface area contributed by atoms with Crippen LogP contribution in [0.5, 0.6) is 0 Å². The van der Waals surface area contributed by atoms with Crippen molar-refractivity contribution in [1.29, 1.82) is 0 Å². The molecule has 2 heterocycles. The third-order valence-corrected chi connectivity index (χ3v) is 4.33. The smallest absolute Gasteiger partial charge is 0.254 e. The second-order valence-corrected chi connectivity index (χ2v) is 5.68. The van der Waals surface area contributed by atoms with Gasteiger partial charge in [0.15, 0.2) is 0 Å². The quantitative estimate of drug-likeness (QED) is 0.789. The Balaban J connectivity index is 1.83. The third-order valence-electron chi connectivity index (χ3n) is 4.33. The summed E-state index contributed by atoms with van der Waals surface area (Å²) >= 11 is 0. The van der Waals surface area contributed by atoms with Crippen molar-refractivity contribution in [3.8, 4) is 0 Å². The van der Waals surface area contributed by atoms with Gasteiger partial charge in [0, 0.05) is 37.4 Å². The van der Waals surface area contributed by atoms with Gasteiger partial charge in [-0.05, 0) is 49.4 Å². The van der Waals surface area contributed by atoms with E-state index in [-0.39, 0.29) is 5.91 Å². The molecule has 106 valence electrons. The van der Waals surface area contributed by atoms with Crippen molar-refractivity contribution in [3.63, 3.8) is 0 Å². The Morgan fingerprint density at radius 3 is 2.70 bits per heavy atom. The number of amides is 1. The number of piperidine rings is 1. The molecule has 20 heavy (non-hydrogen) atoms. The zero-order valence-corrected chi connectivity index (χ0v) is 12.0. The molecule has 0 unspecified atom stereocenters. The number of rotatable bonds is 3. The molecule has 3 heteroatoms. The zero-order valence-electron chi connectivity index (χ0n) is 12.0. The van der Waals surface area contributed by atoms with E-state index in [0.717, 1.165) is 31.6 Å². The number of hydrogen-bond acceptors (Lipinski definition) is 2. The maximum atomic E-state index is 12.4. The van der Waals surface area contributed by atoms with E-state index in [4.69, 9.17) is 0 Å². The van der Waals surface area contributed by atoms with Crippen molar-refractivity contribution in [2.24, 2.45) is 0 Å². The topological polar surface area (TPSA) is 23.6 Å². The van der Waals surface area contributed by atoms with Crippen LogP contribution in [0.1, 0.15) is 35.2 Å². The lowest BCUT2D eigenvalue weighted by molar-refractivity contribution is 0.0759. The first-order chi connectivity index (χ1) is 9.79. The molecule has 1 saturated heterocycles. The minimum absolute atomic E-state index is 0.149. The van der Waals surface area contributed by atoms with Crippen molar-refractivity contribution < 1.29 is 4.79 Å². The number of hydrogen-bond donors (Lipinski definition) is 0. The number of carbonyl (C=O) groups is 1. The molecule has 2 aliphatic rings. The zero-order chi connectivity index (χ0) is 13.9. The minimum atomic E-state index is 0.149. The van der Waals surface area contributed by atoms with E-state index in [1.807, 2.05) is 11.0 Å². The van der Waals surface area contributed by atoms with E-state index in [2.05, 4.69) is 23.6 Å². The number of benzene rings is 1. The standard InChI is InChI=1S/C17H22N2O/c1-2-9-19-12-8-14-13-15(6-7-16(14)17(19)20)18-10-4-3-5-11-18/h2,6-7,13H,1,3-5,8-12H2. The summed E-state index contributed by atoms with van der Waals surface area (Å²) in [4.78, 5) is 16.7. The van der Waals surface area contributed by atoms with Gasteiger partial charge in [0.2, 0.25) is 0 Å². The van der Waals surface area contributed by atoms with Crippen LogP contribution in [0.4, 0.5) is 5.69 Å². The van der Waals surface area contributed by atoms with Gasteiger partial charge in [0.25, 0.3) is 5.91 Å². The SMILES string of the molecule is C=CCN1CCc2cc(N3CCCCC3)ccc2C1=O. The summed E-state index contributed by atoms with van der Waals surface area (Å²) in [5.74, 6) is 0.149. The predicted octanol–water partition coefficient (Wildman–Crippen LogP) is 2.86. The molecule has 0 aliphatic carbocycles. The van der Waals surface area contributed by atoms with Gasteiger partial charge in [0.1, 0.15) is 0 Å². The number of carbonyl (C=O) groups excluding carboxylic acids is 1. The fourth-order valence-electron chi connectivity index (χ4n) is 3.20. The second kappa shape index (κ2) is 5.70. The molecule has 1 aromatic rings. The van der Waals surface area contributed by atoms with Crippen LogP contribution in [0.15, 0.2) is 30.9 Å². The van der Waals surface area contributed by atoms with Crippen LogP contribution in [-0.4, -0.2) is 37.0 Å². The lowest BCUT2D eigenvalue weighted by atomic mass is 9.97. The highest BCUT2D eigenvalue weighted by Crippen LogP contribution is 2.26.